The lowest BCUT2D eigenvalue weighted by Gasteiger charge is -2.17. The van der Waals surface area contributed by atoms with E-state index >= 15 is 0 Å². The molecule has 0 fully saturated rings. The third-order valence-electron chi connectivity index (χ3n) is 3.59. The Morgan fingerprint density at radius 1 is 1.25 bits per heavy atom. The number of benzene rings is 1. The van der Waals surface area contributed by atoms with Crippen LogP contribution < -0.4 is 15.0 Å². The van der Waals surface area contributed by atoms with Crippen molar-refractivity contribution in [3.05, 3.63) is 42.5 Å². The first kappa shape index (κ1) is 15.7. The Kier molecular flexibility index (Phi) is 4.55. The zero-order valence-corrected chi connectivity index (χ0v) is 13.5. The fourth-order valence-electron chi connectivity index (χ4n) is 2.33. The van der Waals surface area contributed by atoms with E-state index in [4.69, 9.17) is 4.74 Å². The molecule has 2 heterocycles. The van der Waals surface area contributed by atoms with E-state index in [0.717, 1.165) is 11.3 Å². The number of fused-ring (bicyclic) bond motifs is 1. The Morgan fingerprint density at radius 2 is 2.04 bits per heavy atom. The maximum atomic E-state index is 12.2. The number of rotatable bonds is 6. The van der Waals surface area contributed by atoms with Crippen molar-refractivity contribution in [3.8, 4) is 5.75 Å². The standard InChI is InChI=1S/C16H18N6O2/c1-22(16-14-15(19-9-18-14)20-10-21-16)8-13(23)17-7-11-3-5-12(24-2)6-4-11/h3-6,9-10H,7-8H2,1-2H3,(H,17,23)(H,18,19,20,21). The molecule has 0 aliphatic heterocycles. The summed E-state index contributed by atoms with van der Waals surface area (Å²) in [5.74, 6) is 1.33. The first-order valence-electron chi connectivity index (χ1n) is 7.42. The smallest absolute Gasteiger partial charge is 0.239 e. The molecule has 0 radical (unpaired) electrons. The Balaban J connectivity index is 1.58. The number of amides is 1. The molecular weight excluding hydrogens is 308 g/mol. The van der Waals surface area contributed by atoms with E-state index in [9.17, 15) is 4.79 Å². The highest BCUT2D eigenvalue weighted by molar-refractivity contribution is 5.86. The summed E-state index contributed by atoms with van der Waals surface area (Å²) in [6.07, 6.45) is 2.99. The number of hydrogen-bond acceptors (Lipinski definition) is 6. The minimum absolute atomic E-state index is 0.0976. The van der Waals surface area contributed by atoms with Gasteiger partial charge in [0.25, 0.3) is 0 Å². The van der Waals surface area contributed by atoms with Gasteiger partial charge in [0.1, 0.15) is 17.6 Å². The highest BCUT2D eigenvalue weighted by Gasteiger charge is 2.13. The van der Waals surface area contributed by atoms with Crippen molar-refractivity contribution >= 4 is 22.9 Å². The molecule has 0 saturated heterocycles. The largest absolute Gasteiger partial charge is 0.497 e. The lowest BCUT2D eigenvalue weighted by atomic mass is 10.2. The van der Waals surface area contributed by atoms with Crippen LogP contribution in [0.3, 0.4) is 0 Å². The van der Waals surface area contributed by atoms with Gasteiger partial charge in [-0.15, -0.1) is 0 Å². The predicted octanol–water partition coefficient (Wildman–Crippen LogP) is 1.11. The minimum atomic E-state index is -0.0976. The van der Waals surface area contributed by atoms with Gasteiger partial charge in [0.2, 0.25) is 5.91 Å². The maximum absolute atomic E-state index is 12.2. The molecule has 0 aliphatic rings. The number of carbonyl (C=O) groups is 1. The van der Waals surface area contributed by atoms with E-state index in [1.807, 2.05) is 24.3 Å². The number of nitrogens with one attached hydrogen (secondary N) is 2. The van der Waals surface area contributed by atoms with Crippen molar-refractivity contribution in [2.75, 3.05) is 25.6 Å². The number of hydrogen-bond donors (Lipinski definition) is 2. The van der Waals surface area contributed by atoms with Gasteiger partial charge in [-0.2, -0.15) is 0 Å². The van der Waals surface area contributed by atoms with Gasteiger partial charge in [-0.1, -0.05) is 12.1 Å². The van der Waals surface area contributed by atoms with Crippen molar-refractivity contribution in [1.82, 2.24) is 25.3 Å². The zero-order valence-electron chi connectivity index (χ0n) is 13.5. The van der Waals surface area contributed by atoms with Crippen LogP contribution in [0, 0.1) is 0 Å². The van der Waals surface area contributed by atoms with E-state index < -0.39 is 0 Å². The SMILES string of the molecule is COc1ccc(CNC(=O)CN(C)c2ncnc3nc[nH]c23)cc1. The normalized spacial score (nSPS) is 10.6. The van der Waals surface area contributed by atoms with Gasteiger partial charge in [-0.3, -0.25) is 4.79 Å². The van der Waals surface area contributed by atoms with Crippen LogP contribution >= 0.6 is 0 Å². The van der Waals surface area contributed by atoms with Crippen molar-refractivity contribution < 1.29 is 9.53 Å². The number of methoxy groups -OCH3 is 1. The highest BCUT2D eigenvalue weighted by atomic mass is 16.5. The first-order chi connectivity index (χ1) is 11.7. The second-order valence-electron chi connectivity index (χ2n) is 5.28. The van der Waals surface area contributed by atoms with Gasteiger partial charge in [-0.05, 0) is 17.7 Å². The van der Waals surface area contributed by atoms with Gasteiger partial charge < -0.3 is 19.9 Å². The van der Waals surface area contributed by atoms with Crippen LogP contribution in [0.5, 0.6) is 5.75 Å². The number of carbonyl (C=O) groups excluding carboxylic acids is 1. The van der Waals surface area contributed by atoms with E-state index in [-0.39, 0.29) is 12.5 Å². The second kappa shape index (κ2) is 6.95. The molecule has 24 heavy (non-hydrogen) atoms. The fourth-order valence-corrected chi connectivity index (χ4v) is 2.33. The molecule has 2 N–H and O–H groups in total. The Hall–Kier alpha value is -3.16. The zero-order chi connectivity index (χ0) is 16.9. The van der Waals surface area contributed by atoms with Crippen molar-refractivity contribution in [2.45, 2.75) is 6.54 Å². The van der Waals surface area contributed by atoms with Gasteiger partial charge in [0.15, 0.2) is 11.5 Å². The van der Waals surface area contributed by atoms with Crippen LogP contribution in [-0.2, 0) is 11.3 Å². The average Bonchev–Trinajstić information content (AvgIpc) is 3.09. The number of aromatic amines is 1. The number of nitrogens with zero attached hydrogens (tertiary/aromatic N) is 4. The number of likely N-dealkylation sites (N-methyl/N-ethyl adjacent to an activating group) is 1. The van der Waals surface area contributed by atoms with E-state index in [1.54, 1.807) is 25.4 Å². The van der Waals surface area contributed by atoms with Crippen LogP contribution in [0.15, 0.2) is 36.9 Å². The predicted molar refractivity (Wildman–Crippen MR) is 89.8 cm³/mol. The quantitative estimate of drug-likeness (QED) is 0.704. The molecule has 0 saturated carbocycles. The van der Waals surface area contributed by atoms with Crippen molar-refractivity contribution in [1.29, 1.82) is 0 Å². The third-order valence-corrected chi connectivity index (χ3v) is 3.59. The fraction of sp³-hybridized carbons (Fsp3) is 0.250. The van der Waals surface area contributed by atoms with Crippen LogP contribution in [0.2, 0.25) is 0 Å². The van der Waals surface area contributed by atoms with Crippen molar-refractivity contribution in [2.24, 2.45) is 0 Å². The van der Waals surface area contributed by atoms with Crippen LogP contribution in [0.1, 0.15) is 5.56 Å². The second-order valence-corrected chi connectivity index (χ2v) is 5.28. The van der Waals surface area contributed by atoms with Gasteiger partial charge >= 0.3 is 0 Å². The monoisotopic (exact) mass is 326 g/mol. The highest BCUT2D eigenvalue weighted by Crippen LogP contribution is 2.17. The number of H-pyrrole nitrogens is 1. The van der Waals surface area contributed by atoms with E-state index in [1.165, 1.54) is 6.33 Å². The molecule has 3 aromatic rings. The van der Waals surface area contributed by atoms with Gasteiger partial charge in [-0.25, -0.2) is 15.0 Å². The Bertz CT molecular complexity index is 830. The van der Waals surface area contributed by atoms with Crippen molar-refractivity contribution in [3.63, 3.8) is 0 Å². The molecular formula is C16H18N6O2. The molecule has 0 unspecified atom stereocenters. The Morgan fingerprint density at radius 3 is 2.79 bits per heavy atom. The molecule has 3 rings (SSSR count). The summed E-state index contributed by atoms with van der Waals surface area (Å²) in [5, 5.41) is 2.89. The summed E-state index contributed by atoms with van der Waals surface area (Å²) < 4.78 is 5.11. The van der Waals surface area contributed by atoms with Crippen LogP contribution in [0.25, 0.3) is 11.2 Å². The molecule has 1 aromatic carbocycles. The molecule has 8 heteroatoms. The summed E-state index contributed by atoms with van der Waals surface area (Å²) in [6.45, 7) is 0.640. The number of aromatic nitrogens is 4. The molecule has 0 bridgehead atoms. The molecule has 0 aliphatic carbocycles. The average molecular weight is 326 g/mol. The molecule has 8 nitrogen and oxygen atoms in total. The summed E-state index contributed by atoms with van der Waals surface area (Å²) in [6, 6.07) is 7.57. The molecule has 124 valence electrons. The molecule has 0 spiro atoms. The van der Waals surface area contributed by atoms with Crippen LogP contribution in [-0.4, -0.2) is 46.5 Å². The number of anilines is 1. The molecule has 0 atom stereocenters. The molecule has 1 amide bonds. The third kappa shape index (κ3) is 3.43. The van der Waals surface area contributed by atoms with E-state index in [2.05, 4.69) is 25.3 Å². The summed E-state index contributed by atoms with van der Waals surface area (Å²) >= 11 is 0. The summed E-state index contributed by atoms with van der Waals surface area (Å²) in [7, 11) is 3.42. The number of imidazole rings is 1. The van der Waals surface area contributed by atoms with Crippen LogP contribution in [0.4, 0.5) is 5.82 Å². The maximum Gasteiger partial charge on any atom is 0.239 e. The lowest BCUT2D eigenvalue weighted by Crippen LogP contribution is -2.35. The van der Waals surface area contributed by atoms with Gasteiger partial charge in [0.05, 0.1) is 20.0 Å². The topological polar surface area (TPSA) is 96.0 Å². The lowest BCUT2D eigenvalue weighted by molar-refractivity contribution is -0.119. The summed E-state index contributed by atoms with van der Waals surface area (Å²) in [5.41, 5.74) is 2.29. The molecule has 2 aromatic heterocycles. The Labute approximate surface area is 138 Å². The first-order valence-corrected chi connectivity index (χ1v) is 7.42. The van der Waals surface area contributed by atoms with E-state index in [0.29, 0.717) is 23.5 Å². The minimum Gasteiger partial charge on any atom is -0.497 e. The van der Waals surface area contributed by atoms with Gasteiger partial charge in [0, 0.05) is 13.6 Å². The number of ether oxygens (including phenoxy) is 1. The summed E-state index contributed by atoms with van der Waals surface area (Å²) in [4.78, 5) is 29.3.